The molecule has 1 unspecified atom stereocenters. The van der Waals surface area contributed by atoms with E-state index in [0.29, 0.717) is 11.3 Å². The number of aliphatic carboxylic acids is 1. The van der Waals surface area contributed by atoms with Crippen LogP contribution in [0.25, 0.3) is 0 Å². The van der Waals surface area contributed by atoms with Gasteiger partial charge in [-0.3, -0.25) is 9.48 Å². The van der Waals surface area contributed by atoms with E-state index in [2.05, 4.69) is 10.4 Å². The Morgan fingerprint density at radius 3 is 2.43 bits per heavy atom. The standard InChI is InChI=1S/C11H16ClN3O5S/c1-6-8(10(12)15(3)14-6)4-21(19,20)5-9(11(17)18)13-7(2)16/h9H,4-5H2,1-3H3,(H,13,16)(H,17,18). The zero-order valence-corrected chi connectivity index (χ0v) is 13.3. The molecule has 0 aromatic carbocycles. The van der Waals surface area contributed by atoms with Crippen molar-refractivity contribution in [3.8, 4) is 0 Å². The largest absolute Gasteiger partial charge is 0.480 e. The van der Waals surface area contributed by atoms with Gasteiger partial charge in [-0.1, -0.05) is 11.6 Å². The lowest BCUT2D eigenvalue weighted by Crippen LogP contribution is -2.44. The van der Waals surface area contributed by atoms with Gasteiger partial charge in [-0.2, -0.15) is 5.10 Å². The van der Waals surface area contributed by atoms with Crippen LogP contribution < -0.4 is 5.32 Å². The summed E-state index contributed by atoms with van der Waals surface area (Å²) in [4.78, 5) is 21.9. The summed E-state index contributed by atoms with van der Waals surface area (Å²) < 4.78 is 25.5. The monoisotopic (exact) mass is 337 g/mol. The first-order chi connectivity index (χ1) is 9.53. The number of carboxylic acids is 1. The molecule has 0 saturated carbocycles. The highest BCUT2D eigenvalue weighted by Crippen LogP contribution is 2.21. The van der Waals surface area contributed by atoms with Gasteiger partial charge in [-0.15, -0.1) is 0 Å². The van der Waals surface area contributed by atoms with Gasteiger partial charge in [0.2, 0.25) is 5.91 Å². The Morgan fingerprint density at radius 1 is 1.48 bits per heavy atom. The van der Waals surface area contributed by atoms with E-state index >= 15 is 0 Å². The van der Waals surface area contributed by atoms with E-state index in [9.17, 15) is 18.0 Å². The maximum atomic E-state index is 12.1. The summed E-state index contributed by atoms with van der Waals surface area (Å²) in [5.41, 5.74) is 0.781. The van der Waals surface area contributed by atoms with Crippen molar-refractivity contribution in [2.24, 2.45) is 7.05 Å². The van der Waals surface area contributed by atoms with Crippen LogP contribution in [0.3, 0.4) is 0 Å². The summed E-state index contributed by atoms with van der Waals surface area (Å²) >= 11 is 5.95. The number of sulfone groups is 1. The predicted molar refractivity (Wildman–Crippen MR) is 75.7 cm³/mol. The number of aromatic nitrogens is 2. The van der Waals surface area contributed by atoms with Gasteiger partial charge >= 0.3 is 5.97 Å². The predicted octanol–water partition coefficient (Wildman–Crippen LogP) is -0.114. The SMILES string of the molecule is CC(=O)NC(CS(=O)(=O)Cc1c(C)nn(C)c1Cl)C(=O)O. The third-order valence-corrected chi connectivity index (χ3v) is 4.77. The number of amides is 1. The molecule has 1 aromatic rings. The Hall–Kier alpha value is -1.61. The van der Waals surface area contributed by atoms with Gasteiger partial charge < -0.3 is 10.4 Å². The molecule has 0 aliphatic heterocycles. The summed E-state index contributed by atoms with van der Waals surface area (Å²) in [5.74, 6) is -3.18. The first kappa shape index (κ1) is 17.4. The second kappa shape index (κ2) is 6.44. The molecule has 118 valence electrons. The van der Waals surface area contributed by atoms with Crippen LogP contribution in [0.4, 0.5) is 0 Å². The average molecular weight is 338 g/mol. The smallest absolute Gasteiger partial charge is 0.327 e. The maximum Gasteiger partial charge on any atom is 0.327 e. The van der Waals surface area contributed by atoms with Gasteiger partial charge in [-0.05, 0) is 6.92 Å². The Labute approximate surface area is 127 Å². The average Bonchev–Trinajstić information content (AvgIpc) is 2.54. The quantitative estimate of drug-likeness (QED) is 0.747. The molecule has 0 aliphatic rings. The molecule has 1 rings (SSSR count). The molecule has 1 atom stereocenters. The lowest BCUT2D eigenvalue weighted by Gasteiger charge is -2.13. The molecule has 0 fully saturated rings. The van der Waals surface area contributed by atoms with Crippen LogP contribution in [0.1, 0.15) is 18.2 Å². The van der Waals surface area contributed by atoms with Gasteiger partial charge in [-0.25, -0.2) is 13.2 Å². The molecular formula is C11H16ClN3O5S. The van der Waals surface area contributed by atoms with Crippen LogP contribution in [0.2, 0.25) is 5.15 Å². The van der Waals surface area contributed by atoms with Gasteiger partial charge in [0.25, 0.3) is 0 Å². The number of carbonyl (C=O) groups excluding carboxylic acids is 1. The fourth-order valence-electron chi connectivity index (χ4n) is 1.79. The molecule has 0 saturated heterocycles. The molecule has 1 aromatic heterocycles. The van der Waals surface area contributed by atoms with Gasteiger partial charge in [0, 0.05) is 19.5 Å². The Bertz CT molecular complexity index is 668. The van der Waals surface area contributed by atoms with Crippen LogP contribution in [0.5, 0.6) is 0 Å². The number of halogens is 1. The zero-order chi connectivity index (χ0) is 16.4. The van der Waals surface area contributed by atoms with E-state index < -0.39 is 39.3 Å². The number of nitrogens with zero attached hydrogens (tertiary/aromatic N) is 2. The van der Waals surface area contributed by atoms with Crippen LogP contribution in [-0.2, 0) is 32.2 Å². The number of rotatable bonds is 6. The highest BCUT2D eigenvalue weighted by atomic mass is 35.5. The van der Waals surface area contributed by atoms with Crippen molar-refractivity contribution >= 4 is 33.3 Å². The molecule has 10 heteroatoms. The lowest BCUT2D eigenvalue weighted by atomic mass is 10.3. The van der Waals surface area contributed by atoms with Crippen molar-refractivity contribution in [1.82, 2.24) is 15.1 Å². The van der Waals surface area contributed by atoms with E-state index in [-0.39, 0.29) is 5.15 Å². The first-order valence-corrected chi connectivity index (χ1v) is 8.11. The number of carboxylic acid groups (broad SMARTS) is 1. The van der Waals surface area contributed by atoms with Crippen molar-refractivity contribution < 1.29 is 23.1 Å². The van der Waals surface area contributed by atoms with E-state index in [1.165, 1.54) is 4.68 Å². The van der Waals surface area contributed by atoms with Crippen LogP contribution in [0, 0.1) is 6.92 Å². The maximum absolute atomic E-state index is 12.1. The van der Waals surface area contributed by atoms with Gasteiger partial charge in [0.15, 0.2) is 9.84 Å². The summed E-state index contributed by atoms with van der Waals surface area (Å²) in [6.45, 7) is 2.73. The number of carbonyl (C=O) groups is 2. The van der Waals surface area contributed by atoms with Crippen LogP contribution in [0.15, 0.2) is 0 Å². The minimum Gasteiger partial charge on any atom is -0.480 e. The highest BCUT2D eigenvalue weighted by Gasteiger charge is 2.28. The Morgan fingerprint density at radius 2 is 2.05 bits per heavy atom. The number of aryl methyl sites for hydroxylation is 2. The first-order valence-electron chi connectivity index (χ1n) is 5.92. The third-order valence-electron chi connectivity index (χ3n) is 2.73. The zero-order valence-electron chi connectivity index (χ0n) is 11.8. The van der Waals surface area contributed by atoms with E-state index in [1.54, 1.807) is 14.0 Å². The molecule has 0 spiro atoms. The van der Waals surface area contributed by atoms with Crippen molar-refractivity contribution in [3.05, 3.63) is 16.4 Å². The minimum absolute atomic E-state index is 0.183. The fourth-order valence-corrected chi connectivity index (χ4v) is 3.75. The highest BCUT2D eigenvalue weighted by molar-refractivity contribution is 7.90. The fraction of sp³-hybridized carbons (Fsp3) is 0.545. The normalized spacial score (nSPS) is 13.0. The molecule has 1 heterocycles. The summed E-state index contributed by atoms with van der Waals surface area (Å²) in [6.07, 6.45) is 0. The number of hydrogen-bond acceptors (Lipinski definition) is 5. The minimum atomic E-state index is -3.79. The van der Waals surface area contributed by atoms with Crippen molar-refractivity contribution in [2.75, 3.05) is 5.75 Å². The van der Waals surface area contributed by atoms with E-state index in [1.807, 2.05) is 0 Å². The number of nitrogens with one attached hydrogen (secondary N) is 1. The van der Waals surface area contributed by atoms with E-state index in [4.69, 9.17) is 16.7 Å². The summed E-state index contributed by atoms with van der Waals surface area (Å²) in [5, 5.41) is 15.2. The molecule has 2 N–H and O–H groups in total. The van der Waals surface area contributed by atoms with Gasteiger partial charge in [0.05, 0.1) is 17.2 Å². The second-order valence-corrected chi connectivity index (χ2v) is 7.09. The van der Waals surface area contributed by atoms with Crippen molar-refractivity contribution in [2.45, 2.75) is 25.6 Å². The topological polar surface area (TPSA) is 118 Å². The van der Waals surface area contributed by atoms with E-state index in [0.717, 1.165) is 6.92 Å². The molecule has 0 aliphatic carbocycles. The molecule has 8 nitrogen and oxygen atoms in total. The van der Waals surface area contributed by atoms with Gasteiger partial charge in [0.1, 0.15) is 11.2 Å². The Kier molecular flexibility index (Phi) is 5.35. The van der Waals surface area contributed by atoms with Crippen LogP contribution in [-0.4, -0.2) is 47.0 Å². The summed E-state index contributed by atoms with van der Waals surface area (Å²) in [6, 6.07) is -1.50. The third kappa shape index (κ3) is 4.71. The molecule has 0 bridgehead atoms. The molecule has 1 amide bonds. The second-order valence-electron chi connectivity index (χ2n) is 4.62. The van der Waals surface area contributed by atoms with Crippen LogP contribution >= 0.6 is 11.6 Å². The Balaban J connectivity index is 2.95. The molecular weight excluding hydrogens is 322 g/mol. The summed E-state index contributed by atoms with van der Waals surface area (Å²) in [7, 11) is -2.22. The molecule has 0 radical (unpaired) electrons. The molecule has 21 heavy (non-hydrogen) atoms. The lowest BCUT2D eigenvalue weighted by molar-refractivity contribution is -0.140. The number of hydrogen-bond donors (Lipinski definition) is 2. The van der Waals surface area contributed by atoms with Crippen molar-refractivity contribution in [1.29, 1.82) is 0 Å². The van der Waals surface area contributed by atoms with Crippen molar-refractivity contribution in [3.63, 3.8) is 0 Å².